The first-order valence-electron chi connectivity index (χ1n) is 9.34. The molecule has 1 aliphatic rings. The summed E-state index contributed by atoms with van der Waals surface area (Å²) >= 11 is 9.05. The lowest BCUT2D eigenvalue weighted by Gasteiger charge is -2.19. The van der Waals surface area contributed by atoms with Crippen molar-refractivity contribution in [2.75, 3.05) is 39.9 Å². The largest absolute Gasteiger partial charge is 0.497 e. The zero-order valence-electron chi connectivity index (χ0n) is 17.9. The molecular formula is C22H21BrN2O6S. The lowest BCUT2D eigenvalue weighted by molar-refractivity contribution is -0.140. The smallest absolute Gasteiger partial charge is 0.325 e. The van der Waals surface area contributed by atoms with E-state index in [4.69, 9.17) is 31.2 Å². The SMILES string of the molecule is COC(=O)CN1C(=S)N(c2ccc(OC)cc2)C(=O)/C1=C/c1cc(OC)c(OC)cc1Br. The molecule has 1 heterocycles. The van der Waals surface area contributed by atoms with Crippen molar-refractivity contribution in [1.82, 2.24) is 4.90 Å². The standard InChI is InChI=1S/C22H21BrN2O6S/c1-28-15-7-5-14(6-8-15)25-21(27)17(24(22(25)32)12-20(26)31-4)9-13-10-18(29-2)19(30-3)11-16(13)23/h5-11H,12H2,1-4H3/b17-9-. The molecule has 0 unspecified atom stereocenters. The molecule has 1 aliphatic heterocycles. The molecule has 0 spiro atoms. The van der Waals surface area contributed by atoms with Gasteiger partial charge in [0, 0.05) is 4.47 Å². The second-order valence-electron chi connectivity index (χ2n) is 6.54. The number of thiocarbonyl (C=S) groups is 1. The lowest BCUT2D eigenvalue weighted by atomic mass is 10.1. The fraction of sp³-hybridized carbons (Fsp3) is 0.227. The fourth-order valence-corrected chi connectivity index (χ4v) is 3.90. The van der Waals surface area contributed by atoms with E-state index in [0.717, 1.165) is 0 Å². The summed E-state index contributed by atoms with van der Waals surface area (Å²) < 4.78 is 21.3. The average molecular weight is 521 g/mol. The summed E-state index contributed by atoms with van der Waals surface area (Å²) in [5.41, 5.74) is 1.40. The van der Waals surface area contributed by atoms with E-state index in [0.29, 0.717) is 33.0 Å². The highest BCUT2D eigenvalue weighted by Gasteiger charge is 2.40. The van der Waals surface area contributed by atoms with Gasteiger partial charge in [0.1, 0.15) is 18.0 Å². The number of ether oxygens (including phenoxy) is 4. The summed E-state index contributed by atoms with van der Waals surface area (Å²) in [6, 6.07) is 10.3. The number of halogens is 1. The Morgan fingerprint density at radius 1 is 1.03 bits per heavy atom. The monoisotopic (exact) mass is 520 g/mol. The fourth-order valence-electron chi connectivity index (χ4n) is 3.11. The van der Waals surface area contributed by atoms with Crippen LogP contribution in [0.2, 0.25) is 0 Å². The number of hydrogen-bond acceptors (Lipinski definition) is 7. The summed E-state index contributed by atoms with van der Waals surface area (Å²) in [5.74, 6) is 0.741. The number of benzene rings is 2. The van der Waals surface area contributed by atoms with Crippen molar-refractivity contribution in [3.63, 3.8) is 0 Å². The van der Waals surface area contributed by atoms with Crippen LogP contribution in [0.15, 0.2) is 46.6 Å². The number of anilines is 1. The Balaban J connectivity index is 2.09. The van der Waals surface area contributed by atoms with Crippen LogP contribution < -0.4 is 19.1 Å². The van der Waals surface area contributed by atoms with E-state index in [1.165, 1.54) is 31.1 Å². The predicted molar refractivity (Wildman–Crippen MR) is 127 cm³/mol. The molecule has 1 amide bonds. The van der Waals surface area contributed by atoms with Gasteiger partial charge in [-0.2, -0.15) is 0 Å². The number of amides is 1. The van der Waals surface area contributed by atoms with Crippen LogP contribution in [0.1, 0.15) is 5.56 Å². The van der Waals surface area contributed by atoms with Crippen LogP contribution in [0, 0.1) is 0 Å². The van der Waals surface area contributed by atoms with Crippen LogP contribution in [-0.2, 0) is 14.3 Å². The molecule has 0 bridgehead atoms. The van der Waals surface area contributed by atoms with Gasteiger partial charge in [0.25, 0.3) is 5.91 Å². The third-order valence-electron chi connectivity index (χ3n) is 4.78. The van der Waals surface area contributed by atoms with Crippen molar-refractivity contribution in [3.8, 4) is 17.2 Å². The molecule has 0 aromatic heterocycles. The van der Waals surface area contributed by atoms with Gasteiger partial charge in [-0.1, -0.05) is 15.9 Å². The lowest BCUT2D eigenvalue weighted by Crippen LogP contribution is -2.35. The van der Waals surface area contributed by atoms with Crippen LogP contribution in [0.4, 0.5) is 5.69 Å². The average Bonchev–Trinajstić information content (AvgIpc) is 3.03. The van der Waals surface area contributed by atoms with Gasteiger partial charge in [0.2, 0.25) is 0 Å². The molecule has 0 saturated carbocycles. The van der Waals surface area contributed by atoms with E-state index in [9.17, 15) is 9.59 Å². The van der Waals surface area contributed by atoms with Crippen LogP contribution in [0.25, 0.3) is 6.08 Å². The minimum absolute atomic E-state index is 0.161. The number of hydrogen-bond donors (Lipinski definition) is 0. The second-order valence-corrected chi connectivity index (χ2v) is 7.76. The first kappa shape index (κ1) is 23.6. The van der Waals surface area contributed by atoms with Crippen LogP contribution in [0.5, 0.6) is 17.2 Å². The van der Waals surface area contributed by atoms with Gasteiger partial charge in [-0.3, -0.25) is 14.5 Å². The second kappa shape index (κ2) is 10.0. The van der Waals surface area contributed by atoms with E-state index < -0.39 is 5.97 Å². The van der Waals surface area contributed by atoms with Crippen molar-refractivity contribution in [3.05, 3.63) is 52.1 Å². The normalized spacial score (nSPS) is 14.7. The highest BCUT2D eigenvalue weighted by molar-refractivity contribution is 9.10. The summed E-state index contributed by atoms with van der Waals surface area (Å²) in [6.45, 7) is -0.218. The van der Waals surface area contributed by atoms with Crippen molar-refractivity contribution in [2.24, 2.45) is 0 Å². The maximum absolute atomic E-state index is 13.4. The molecule has 3 rings (SSSR count). The highest BCUT2D eigenvalue weighted by atomic mass is 79.9. The first-order chi connectivity index (χ1) is 15.3. The molecule has 2 aromatic carbocycles. The predicted octanol–water partition coefficient (Wildman–Crippen LogP) is 3.62. The van der Waals surface area contributed by atoms with Crippen LogP contribution in [0.3, 0.4) is 0 Å². The molecule has 0 N–H and O–H groups in total. The zero-order valence-corrected chi connectivity index (χ0v) is 20.3. The summed E-state index contributed by atoms with van der Waals surface area (Å²) in [6.07, 6.45) is 1.63. The molecule has 10 heteroatoms. The Bertz CT molecular complexity index is 1090. The molecule has 0 radical (unpaired) electrons. The van der Waals surface area contributed by atoms with Gasteiger partial charge in [-0.05, 0) is 60.3 Å². The van der Waals surface area contributed by atoms with Gasteiger partial charge < -0.3 is 23.8 Å². The number of nitrogens with zero attached hydrogens (tertiary/aromatic N) is 2. The van der Waals surface area contributed by atoms with E-state index in [1.807, 2.05) is 0 Å². The third kappa shape index (κ3) is 4.56. The molecule has 1 saturated heterocycles. The number of carbonyl (C=O) groups excluding carboxylic acids is 2. The topological polar surface area (TPSA) is 77.5 Å². The van der Waals surface area contributed by atoms with Crippen molar-refractivity contribution in [2.45, 2.75) is 0 Å². The number of rotatable bonds is 7. The summed E-state index contributed by atoms with van der Waals surface area (Å²) in [4.78, 5) is 28.3. The Labute approximate surface area is 199 Å². The van der Waals surface area contributed by atoms with E-state index >= 15 is 0 Å². The molecule has 8 nitrogen and oxygen atoms in total. The zero-order chi connectivity index (χ0) is 23.4. The summed E-state index contributed by atoms with van der Waals surface area (Å²) in [7, 11) is 5.89. The Morgan fingerprint density at radius 3 is 2.22 bits per heavy atom. The molecule has 2 aromatic rings. The number of methoxy groups -OCH3 is 4. The molecule has 32 heavy (non-hydrogen) atoms. The Morgan fingerprint density at radius 2 is 1.66 bits per heavy atom. The quantitative estimate of drug-likeness (QED) is 0.311. The minimum Gasteiger partial charge on any atom is -0.497 e. The van der Waals surface area contributed by atoms with Crippen LogP contribution >= 0.6 is 28.1 Å². The highest BCUT2D eigenvalue weighted by Crippen LogP contribution is 2.36. The van der Waals surface area contributed by atoms with Gasteiger partial charge >= 0.3 is 5.97 Å². The molecule has 0 atom stereocenters. The van der Waals surface area contributed by atoms with E-state index in [2.05, 4.69) is 15.9 Å². The van der Waals surface area contributed by atoms with Gasteiger partial charge in [0.15, 0.2) is 16.6 Å². The van der Waals surface area contributed by atoms with E-state index in [1.54, 1.807) is 49.6 Å². The number of esters is 1. The van der Waals surface area contributed by atoms with Gasteiger partial charge in [0.05, 0.1) is 34.1 Å². The van der Waals surface area contributed by atoms with Crippen molar-refractivity contribution in [1.29, 1.82) is 0 Å². The summed E-state index contributed by atoms with van der Waals surface area (Å²) in [5, 5.41) is 0.161. The van der Waals surface area contributed by atoms with Gasteiger partial charge in [-0.15, -0.1) is 0 Å². The Kier molecular flexibility index (Phi) is 7.37. The first-order valence-corrected chi connectivity index (χ1v) is 10.5. The van der Waals surface area contributed by atoms with Crippen molar-refractivity contribution < 1.29 is 28.5 Å². The Hall–Kier alpha value is -3.11. The molecule has 168 valence electrons. The molecular weight excluding hydrogens is 500 g/mol. The maximum atomic E-state index is 13.4. The maximum Gasteiger partial charge on any atom is 0.325 e. The molecule has 1 fully saturated rings. The minimum atomic E-state index is -0.533. The van der Waals surface area contributed by atoms with Crippen molar-refractivity contribution >= 4 is 56.9 Å². The van der Waals surface area contributed by atoms with Gasteiger partial charge in [-0.25, -0.2) is 0 Å². The third-order valence-corrected chi connectivity index (χ3v) is 5.87. The molecule has 0 aliphatic carbocycles. The van der Waals surface area contributed by atoms with E-state index in [-0.39, 0.29) is 23.3 Å². The van der Waals surface area contributed by atoms with Crippen LogP contribution in [-0.4, -0.2) is 56.9 Å². The number of carbonyl (C=O) groups is 2.